The molecule has 5 nitrogen and oxygen atoms in total. The van der Waals surface area contributed by atoms with Crippen LogP contribution in [0.5, 0.6) is 0 Å². The molecular weight excluding hydrogens is 264 g/mol. The lowest BCUT2D eigenvalue weighted by Crippen LogP contribution is -2.44. The molecule has 1 saturated heterocycles. The standard InChI is InChI=1S/C16H24N4O/c1-10-9-11(2)18-16(14(10)15(17)19-21)20-8-4-6-12-5-3-7-13(12)20/h9,12-13,21H,3-8H2,1-2H3,(H2,17,19). The second-order valence-electron chi connectivity index (χ2n) is 6.36. The number of aryl methyl sites for hydroxylation is 2. The molecule has 5 heteroatoms. The zero-order valence-electron chi connectivity index (χ0n) is 12.8. The fourth-order valence-corrected chi connectivity index (χ4v) is 4.11. The van der Waals surface area contributed by atoms with Crippen LogP contribution in [0.3, 0.4) is 0 Å². The molecule has 2 unspecified atom stereocenters. The van der Waals surface area contributed by atoms with Gasteiger partial charge in [-0.1, -0.05) is 11.6 Å². The molecule has 114 valence electrons. The minimum atomic E-state index is 0.162. The molecule has 1 saturated carbocycles. The molecule has 0 spiro atoms. The number of amidine groups is 1. The Morgan fingerprint density at radius 1 is 1.33 bits per heavy atom. The number of hydrogen-bond acceptors (Lipinski definition) is 4. The van der Waals surface area contributed by atoms with Crippen molar-refractivity contribution in [2.75, 3.05) is 11.4 Å². The maximum atomic E-state index is 9.11. The molecule has 1 aromatic rings. The first-order valence-corrected chi connectivity index (χ1v) is 7.84. The molecule has 3 rings (SSSR count). The van der Waals surface area contributed by atoms with E-state index in [2.05, 4.69) is 10.1 Å². The Morgan fingerprint density at radius 3 is 2.86 bits per heavy atom. The minimum absolute atomic E-state index is 0.162. The molecule has 2 aliphatic rings. The Labute approximate surface area is 125 Å². The molecule has 2 atom stereocenters. The second-order valence-corrected chi connectivity index (χ2v) is 6.36. The Balaban J connectivity index is 2.08. The summed E-state index contributed by atoms with van der Waals surface area (Å²) >= 11 is 0. The molecule has 1 aliphatic carbocycles. The SMILES string of the molecule is Cc1cc(C)c(C(N)=NO)c(N2CCCC3CCCC32)n1. The van der Waals surface area contributed by atoms with Crippen molar-refractivity contribution in [2.45, 2.75) is 52.0 Å². The molecule has 1 aromatic heterocycles. The summed E-state index contributed by atoms with van der Waals surface area (Å²) < 4.78 is 0. The number of pyridine rings is 1. The number of nitrogens with two attached hydrogens (primary N) is 1. The Kier molecular flexibility index (Phi) is 3.74. The highest BCUT2D eigenvalue weighted by Gasteiger charge is 2.37. The lowest BCUT2D eigenvalue weighted by atomic mass is 9.91. The highest BCUT2D eigenvalue weighted by molar-refractivity contribution is 6.02. The largest absolute Gasteiger partial charge is 0.409 e. The molecule has 0 radical (unpaired) electrons. The van der Waals surface area contributed by atoms with Crippen molar-refractivity contribution in [1.29, 1.82) is 0 Å². The van der Waals surface area contributed by atoms with E-state index in [0.717, 1.165) is 35.1 Å². The lowest BCUT2D eigenvalue weighted by molar-refractivity contribution is 0.318. The van der Waals surface area contributed by atoms with Gasteiger partial charge in [0.1, 0.15) is 5.82 Å². The third-order valence-corrected chi connectivity index (χ3v) is 4.95. The Hall–Kier alpha value is -1.78. The van der Waals surface area contributed by atoms with Crippen LogP contribution in [0.1, 0.15) is 48.9 Å². The maximum absolute atomic E-state index is 9.11. The molecule has 2 heterocycles. The van der Waals surface area contributed by atoms with Crippen LogP contribution in [0.15, 0.2) is 11.2 Å². The summed E-state index contributed by atoms with van der Waals surface area (Å²) in [5.74, 6) is 1.84. The van der Waals surface area contributed by atoms with Gasteiger partial charge in [-0.05, 0) is 57.1 Å². The highest BCUT2D eigenvalue weighted by Crippen LogP contribution is 2.39. The minimum Gasteiger partial charge on any atom is -0.409 e. The van der Waals surface area contributed by atoms with E-state index in [-0.39, 0.29) is 5.84 Å². The summed E-state index contributed by atoms with van der Waals surface area (Å²) in [5.41, 5.74) is 8.72. The number of hydrogen-bond donors (Lipinski definition) is 2. The number of oxime groups is 1. The average Bonchev–Trinajstić information content (AvgIpc) is 2.94. The fourth-order valence-electron chi connectivity index (χ4n) is 4.11. The van der Waals surface area contributed by atoms with Crippen molar-refractivity contribution in [1.82, 2.24) is 4.98 Å². The van der Waals surface area contributed by atoms with Gasteiger partial charge in [0.05, 0.1) is 5.56 Å². The van der Waals surface area contributed by atoms with Gasteiger partial charge < -0.3 is 15.8 Å². The van der Waals surface area contributed by atoms with Gasteiger partial charge in [-0.3, -0.25) is 0 Å². The van der Waals surface area contributed by atoms with Gasteiger partial charge in [0.15, 0.2) is 5.84 Å². The van der Waals surface area contributed by atoms with E-state index >= 15 is 0 Å². The first-order valence-electron chi connectivity index (χ1n) is 7.84. The van der Waals surface area contributed by atoms with E-state index in [4.69, 9.17) is 15.9 Å². The molecular formula is C16H24N4O. The monoisotopic (exact) mass is 288 g/mol. The van der Waals surface area contributed by atoms with Crippen LogP contribution < -0.4 is 10.6 Å². The van der Waals surface area contributed by atoms with Crippen LogP contribution in [0.2, 0.25) is 0 Å². The van der Waals surface area contributed by atoms with Crippen LogP contribution >= 0.6 is 0 Å². The summed E-state index contributed by atoms with van der Waals surface area (Å²) in [4.78, 5) is 7.15. The first-order chi connectivity index (χ1) is 10.1. The molecule has 0 bridgehead atoms. The molecule has 2 fully saturated rings. The molecule has 3 N–H and O–H groups in total. The number of fused-ring (bicyclic) bond motifs is 1. The molecule has 21 heavy (non-hydrogen) atoms. The topological polar surface area (TPSA) is 74.7 Å². The van der Waals surface area contributed by atoms with Gasteiger partial charge in [0.2, 0.25) is 0 Å². The lowest BCUT2D eigenvalue weighted by Gasteiger charge is -2.39. The Morgan fingerprint density at radius 2 is 2.10 bits per heavy atom. The van der Waals surface area contributed by atoms with Gasteiger partial charge in [-0.2, -0.15) is 0 Å². The second kappa shape index (κ2) is 5.54. The van der Waals surface area contributed by atoms with E-state index in [1.54, 1.807) is 0 Å². The van der Waals surface area contributed by atoms with Crippen molar-refractivity contribution in [3.63, 3.8) is 0 Å². The third kappa shape index (κ3) is 2.45. The number of rotatable bonds is 2. The van der Waals surface area contributed by atoms with Gasteiger partial charge in [-0.25, -0.2) is 4.98 Å². The van der Waals surface area contributed by atoms with E-state index < -0.39 is 0 Å². The predicted octanol–water partition coefficient (Wildman–Crippen LogP) is 2.56. The summed E-state index contributed by atoms with van der Waals surface area (Å²) in [6, 6.07) is 2.56. The molecule has 0 aromatic carbocycles. The third-order valence-electron chi connectivity index (χ3n) is 4.95. The zero-order chi connectivity index (χ0) is 15.0. The quantitative estimate of drug-likeness (QED) is 0.379. The fraction of sp³-hybridized carbons (Fsp3) is 0.625. The molecule has 1 aliphatic heterocycles. The van der Waals surface area contributed by atoms with E-state index in [0.29, 0.717) is 6.04 Å². The van der Waals surface area contributed by atoms with E-state index in [1.165, 1.54) is 32.1 Å². The smallest absolute Gasteiger partial charge is 0.174 e. The number of piperidine rings is 1. The van der Waals surface area contributed by atoms with Crippen LogP contribution in [-0.4, -0.2) is 28.6 Å². The normalized spacial score (nSPS) is 26.0. The van der Waals surface area contributed by atoms with Crippen molar-refractivity contribution < 1.29 is 5.21 Å². The van der Waals surface area contributed by atoms with Gasteiger partial charge in [-0.15, -0.1) is 0 Å². The average molecular weight is 288 g/mol. The Bertz CT molecular complexity index is 570. The van der Waals surface area contributed by atoms with Crippen molar-refractivity contribution >= 4 is 11.7 Å². The summed E-state index contributed by atoms with van der Waals surface area (Å²) in [7, 11) is 0. The van der Waals surface area contributed by atoms with E-state index in [9.17, 15) is 0 Å². The van der Waals surface area contributed by atoms with Crippen molar-refractivity contribution in [3.8, 4) is 0 Å². The van der Waals surface area contributed by atoms with E-state index in [1.807, 2.05) is 19.9 Å². The van der Waals surface area contributed by atoms with Gasteiger partial charge >= 0.3 is 0 Å². The van der Waals surface area contributed by atoms with Crippen LogP contribution in [-0.2, 0) is 0 Å². The van der Waals surface area contributed by atoms with Crippen LogP contribution in [0.4, 0.5) is 5.82 Å². The summed E-state index contributed by atoms with van der Waals surface area (Å²) in [6.07, 6.45) is 6.38. The zero-order valence-corrected chi connectivity index (χ0v) is 12.8. The number of anilines is 1. The number of nitrogens with zero attached hydrogens (tertiary/aromatic N) is 3. The summed E-state index contributed by atoms with van der Waals surface area (Å²) in [6.45, 7) is 5.02. The van der Waals surface area contributed by atoms with Crippen molar-refractivity contribution in [3.05, 3.63) is 22.9 Å². The summed E-state index contributed by atoms with van der Waals surface area (Å²) in [5, 5.41) is 12.3. The number of aromatic nitrogens is 1. The van der Waals surface area contributed by atoms with Gasteiger partial charge in [0, 0.05) is 18.3 Å². The maximum Gasteiger partial charge on any atom is 0.174 e. The molecule has 0 amide bonds. The van der Waals surface area contributed by atoms with Gasteiger partial charge in [0.25, 0.3) is 0 Å². The van der Waals surface area contributed by atoms with Crippen molar-refractivity contribution in [2.24, 2.45) is 16.8 Å². The predicted molar refractivity (Wildman–Crippen MR) is 83.9 cm³/mol. The first kappa shape index (κ1) is 14.2. The van der Waals surface area contributed by atoms with Crippen LogP contribution in [0, 0.1) is 19.8 Å². The van der Waals surface area contributed by atoms with Crippen LogP contribution in [0.25, 0.3) is 0 Å². The highest BCUT2D eigenvalue weighted by atomic mass is 16.4.